The summed E-state index contributed by atoms with van der Waals surface area (Å²) in [6.45, 7) is 4.02. The van der Waals surface area contributed by atoms with E-state index in [2.05, 4.69) is 5.32 Å². The van der Waals surface area contributed by atoms with Gasteiger partial charge in [-0.15, -0.1) is 0 Å². The standard InChI is InChI=1S/C14H19F3N2O2S/c1-2-18-9-10-3-5-19(6-4-10)22(20,21)14-12(16)7-11(15)8-13(14)17/h7-8,10,18H,2-6,9H2,1H3. The zero-order valence-electron chi connectivity index (χ0n) is 12.3. The van der Waals surface area contributed by atoms with E-state index >= 15 is 0 Å². The van der Waals surface area contributed by atoms with Gasteiger partial charge in [0.2, 0.25) is 10.0 Å². The molecule has 0 unspecified atom stereocenters. The normalized spacial score (nSPS) is 17.8. The Morgan fingerprint density at radius 2 is 1.73 bits per heavy atom. The van der Waals surface area contributed by atoms with Gasteiger partial charge in [-0.1, -0.05) is 6.92 Å². The predicted octanol–water partition coefficient (Wildman–Crippen LogP) is 2.11. The van der Waals surface area contributed by atoms with E-state index in [0.717, 1.165) is 17.4 Å². The van der Waals surface area contributed by atoms with Crippen LogP contribution >= 0.6 is 0 Å². The maximum Gasteiger partial charge on any atom is 0.248 e. The number of sulfonamides is 1. The summed E-state index contributed by atoms with van der Waals surface area (Å²) in [5.74, 6) is -3.59. The van der Waals surface area contributed by atoms with E-state index in [1.165, 1.54) is 0 Å². The van der Waals surface area contributed by atoms with Crippen LogP contribution in [0.3, 0.4) is 0 Å². The minimum atomic E-state index is -4.29. The van der Waals surface area contributed by atoms with Crippen molar-refractivity contribution >= 4 is 10.0 Å². The van der Waals surface area contributed by atoms with Gasteiger partial charge in [-0.2, -0.15) is 4.31 Å². The Morgan fingerprint density at radius 1 is 1.18 bits per heavy atom. The van der Waals surface area contributed by atoms with E-state index < -0.39 is 32.4 Å². The van der Waals surface area contributed by atoms with Crippen LogP contribution in [0, 0.1) is 23.4 Å². The van der Waals surface area contributed by atoms with Crippen LogP contribution < -0.4 is 5.32 Å². The second kappa shape index (κ2) is 6.97. The third-order valence-corrected chi connectivity index (χ3v) is 5.77. The van der Waals surface area contributed by atoms with Crippen molar-refractivity contribution in [3.63, 3.8) is 0 Å². The summed E-state index contributed by atoms with van der Waals surface area (Å²) in [7, 11) is -4.29. The molecule has 0 aliphatic carbocycles. The van der Waals surface area contributed by atoms with E-state index in [1.807, 2.05) is 6.92 Å². The fraction of sp³-hybridized carbons (Fsp3) is 0.571. The van der Waals surface area contributed by atoms with E-state index in [1.54, 1.807) is 0 Å². The highest BCUT2D eigenvalue weighted by atomic mass is 32.2. The summed E-state index contributed by atoms with van der Waals surface area (Å²) in [6.07, 6.45) is 1.24. The number of nitrogens with one attached hydrogen (secondary N) is 1. The first-order valence-electron chi connectivity index (χ1n) is 7.21. The molecule has 1 aromatic carbocycles. The Kier molecular flexibility index (Phi) is 5.46. The molecular formula is C14H19F3N2O2S. The average Bonchev–Trinajstić information content (AvgIpc) is 2.44. The molecule has 0 bridgehead atoms. The minimum Gasteiger partial charge on any atom is -0.317 e. The van der Waals surface area contributed by atoms with E-state index in [0.29, 0.717) is 30.9 Å². The number of benzene rings is 1. The predicted molar refractivity (Wildman–Crippen MR) is 76.3 cm³/mol. The molecule has 4 nitrogen and oxygen atoms in total. The lowest BCUT2D eigenvalue weighted by molar-refractivity contribution is 0.267. The number of halogens is 3. The number of hydrogen-bond acceptors (Lipinski definition) is 3. The Bertz CT molecular complexity index is 606. The van der Waals surface area contributed by atoms with Gasteiger partial charge < -0.3 is 5.32 Å². The molecule has 22 heavy (non-hydrogen) atoms. The van der Waals surface area contributed by atoms with E-state index in [-0.39, 0.29) is 13.1 Å². The van der Waals surface area contributed by atoms with Gasteiger partial charge in [-0.25, -0.2) is 21.6 Å². The molecule has 1 aliphatic rings. The fourth-order valence-electron chi connectivity index (χ4n) is 2.61. The fourth-order valence-corrected chi connectivity index (χ4v) is 4.17. The van der Waals surface area contributed by atoms with Gasteiger partial charge in [0.25, 0.3) is 0 Å². The molecule has 1 N–H and O–H groups in total. The summed E-state index contributed by atoms with van der Waals surface area (Å²) in [6, 6.07) is 0.766. The molecule has 1 fully saturated rings. The van der Waals surface area contributed by atoms with Crippen LogP contribution in [0.15, 0.2) is 17.0 Å². The highest BCUT2D eigenvalue weighted by Gasteiger charge is 2.34. The molecule has 0 saturated carbocycles. The molecule has 2 rings (SSSR count). The molecule has 1 heterocycles. The van der Waals surface area contributed by atoms with Gasteiger partial charge in [0.15, 0.2) is 4.90 Å². The van der Waals surface area contributed by atoms with Crippen molar-refractivity contribution in [1.82, 2.24) is 9.62 Å². The summed E-state index contributed by atoms with van der Waals surface area (Å²) in [5.41, 5.74) is 0. The van der Waals surface area contributed by atoms with Gasteiger partial charge >= 0.3 is 0 Å². The topological polar surface area (TPSA) is 49.4 Å². The van der Waals surface area contributed by atoms with Gasteiger partial charge in [0.1, 0.15) is 17.5 Å². The van der Waals surface area contributed by atoms with Crippen LogP contribution in [0.2, 0.25) is 0 Å². The summed E-state index contributed by atoms with van der Waals surface area (Å²) >= 11 is 0. The van der Waals surface area contributed by atoms with E-state index in [4.69, 9.17) is 0 Å². The van der Waals surface area contributed by atoms with Crippen molar-refractivity contribution in [3.8, 4) is 0 Å². The number of hydrogen-bond donors (Lipinski definition) is 1. The molecule has 1 aromatic rings. The quantitative estimate of drug-likeness (QED) is 0.896. The Hall–Kier alpha value is -1.12. The Balaban J connectivity index is 2.16. The Morgan fingerprint density at radius 3 is 2.23 bits per heavy atom. The third-order valence-electron chi connectivity index (χ3n) is 3.82. The monoisotopic (exact) mass is 336 g/mol. The number of piperidine rings is 1. The maximum atomic E-state index is 13.7. The second-order valence-electron chi connectivity index (χ2n) is 5.35. The molecule has 0 amide bonds. The molecule has 0 atom stereocenters. The minimum absolute atomic E-state index is 0.203. The molecule has 1 saturated heterocycles. The lowest BCUT2D eigenvalue weighted by Crippen LogP contribution is -2.41. The highest BCUT2D eigenvalue weighted by Crippen LogP contribution is 2.27. The zero-order chi connectivity index (χ0) is 16.3. The van der Waals surface area contributed by atoms with Crippen molar-refractivity contribution in [1.29, 1.82) is 0 Å². The van der Waals surface area contributed by atoms with Gasteiger partial charge in [-0.3, -0.25) is 0 Å². The zero-order valence-corrected chi connectivity index (χ0v) is 13.1. The lowest BCUT2D eigenvalue weighted by atomic mass is 9.98. The van der Waals surface area contributed by atoms with E-state index in [9.17, 15) is 21.6 Å². The summed E-state index contributed by atoms with van der Waals surface area (Å²) in [5, 5.41) is 3.20. The van der Waals surface area contributed by atoms with Gasteiger partial charge in [0.05, 0.1) is 0 Å². The van der Waals surface area contributed by atoms with Crippen LogP contribution in [0.1, 0.15) is 19.8 Å². The molecular weight excluding hydrogens is 317 g/mol. The average molecular weight is 336 g/mol. The first-order chi connectivity index (χ1) is 10.4. The Labute approximate surface area is 128 Å². The van der Waals surface area contributed by atoms with Crippen LogP contribution in [-0.2, 0) is 10.0 Å². The molecule has 0 aromatic heterocycles. The SMILES string of the molecule is CCNCC1CCN(S(=O)(=O)c2c(F)cc(F)cc2F)CC1. The maximum absolute atomic E-state index is 13.7. The molecule has 0 spiro atoms. The lowest BCUT2D eigenvalue weighted by Gasteiger charge is -2.31. The first kappa shape index (κ1) is 17.2. The van der Waals surface area contributed by atoms with Crippen molar-refractivity contribution in [3.05, 3.63) is 29.6 Å². The molecule has 1 aliphatic heterocycles. The number of nitrogens with zero attached hydrogens (tertiary/aromatic N) is 1. The van der Waals surface area contributed by atoms with Crippen LogP contribution in [0.25, 0.3) is 0 Å². The van der Waals surface area contributed by atoms with Crippen LogP contribution in [0.5, 0.6) is 0 Å². The molecule has 0 radical (unpaired) electrons. The van der Waals surface area contributed by atoms with Crippen molar-refractivity contribution < 1.29 is 21.6 Å². The second-order valence-corrected chi connectivity index (χ2v) is 7.23. The van der Waals surface area contributed by atoms with Gasteiger partial charge in [0, 0.05) is 25.2 Å². The van der Waals surface area contributed by atoms with Crippen molar-refractivity contribution in [2.45, 2.75) is 24.7 Å². The van der Waals surface area contributed by atoms with Crippen LogP contribution in [-0.4, -0.2) is 38.9 Å². The van der Waals surface area contributed by atoms with Gasteiger partial charge in [-0.05, 0) is 31.8 Å². The molecule has 124 valence electrons. The highest BCUT2D eigenvalue weighted by molar-refractivity contribution is 7.89. The first-order valence-corrected chi connectivity index (χ1v) is 8.65. The van der Waals surface area contributed by atoms with Crippen molar-refractivity contribution in [2.24, 2.45) is 5.92 Å². The third kappa shape index (κ3) is 3.61. The molecule has 8 heteroatoms. The summed E-state index contributed by atoms with van der Waals surface area (Å²) in [4.78, 5) is -1.07. The van der Waals surface area contributed by atoms with Crippen LogP contribution in [0.4, 0.5) is 13.2 Å². The largest absolute Gasteiger partial charge is 0.317 e. The van der Waals surface area contributed by atoms with Crippen molar-refractivity contribution in [2.75, 3.05) is 26.2 Å². The summed E-state index contributed by atoms with van der Waals surface area (Å²) < 4.78 is 66.1. The smallest absolute Gasteiger partial charge is 0.248 e. The number of rotatable bonds is 5.